The molecule has 0 aromatic heterocycles. The second kappa shape index (κ2) is 5.31. The summed E-state index contributed by atoms with van der Waals surface area (Å²) in [5, 5.41) is 0.755. The molecule has 0 N–H and O–H groups in total. The number of halogens is 1. The van der Waals surface area contributed by atoms with Crippen LogP contribution < -0.4 is 0 Å². The third-order valence-corrected chi connectivity index (χ3v) is 2.93. The van der Waals surface area contributed by atoms with Gasteiger partial charge in [-0.25, -0.2) is 4.79 Å². The first kappa shape index (κ1) is 12.2. The number of ether oxygens (including phenoxy) is 1. The van der Waals surface area contributed by atoms with Crippen LogP contribution in [0.15, 0.2) is 12.1 Å². The lowest BCUT2D eigenvalue weighted by Crippen LogP contribution is -2.07. The van der Waals surface area contributed by atoms with E-state index in [4.69, 9.17) is 4.74 Å². The molecule has 0 aliphatic heterocycles. The van der Waals surface area contributed by atoms with Crippen molar-refractivity contribution in [2.75, 3.05) is 6.61 Å². The topological polar surface area (TPSA) is 26.3 Å². The van der Waals surface area contributed by atoms with E-state index in [0.717, 1.165) is 16.5 Å². The molecule has 0 atom stereocenters. The Kier molecular flexibility index (Phi) is 4.33. The van der Waals surface area contributed by atoms with Crippen LogP contribution >= 0.6 is 15.9 Å². The van der Waals surface area contributed by atoms with Crippen molar-refractivity contribution in [3.05, 3.63) is 34.4 Å². The highest BCUT2D eigenvalue weighted by Gasteiger charge is 2.12. The molecule has 0 radical (unpaired) electrons. The molecule has 1 aromatic carbocycles. The van der Waals surface area contributed by atoms with Gasteiger partial charge in [0.15, 0.2) is 0 Å². The number of benzene rings is 1. The summed E-state index contributed by atoms with van der Waals surface area (Å²) in [6, 6.07) is 3.92. The smallest absolute Gasteiger partial charge is 0.338 e. The van der Waals surface area contributed by atoms with Gasteiger partial charge >= 0.3 is 5.97 Å². The first-order valence-electron chi connectivity index (χ1n) is 4.93. The zero-order valence-electron chi connectivity index (χ0n) is 9.26. The summed E-state index contributed by atoms with van der Waals surface area (Å²) in [4.78, 5) is 11.6. The minimum Gasteiger partial charge on any atom is -0.462 e. The Hall–Kier alpha value is -0.830. The summed E-state index contributed by atoms with van der Waals surface area (Å²) in [6.45, 7) is 6.19. The number of esters is 1. The number of carbonyl (C=O) groups is 1. The van der Waals surface area contributed by atoms with Crippen LogP contribution in [0.4, 0.5) is 0 Å². The highest BCUT2D eigenvalue weighted by atomic mass is 79.9. The first-order chi connectivity index (χ1) is 7.10. The fourth-order valence-corrected chi connectivity index (χ4v) is 2.07. The van der Waals surface area contributed by atoms with Crippen LogP contribution in [-0.4, -0.2) is 12.6 Å². The van der Waals surface area contributed by atoms with Gasteiger partial charge in [0.25, 0.3) is 0 Å². The summed E-state index contributed by atoms with van der Waals surface area (Å²) in [7, 11) is 0. The number of alkyl halides is 1. The van der Waals surface area contributed by atoms with Crippen LogP contribution in [0.1, 0.15) is 34.0 Å². The fraction of sp³-hybridized carbons (Fsp3) is 0.417. The molecular formula is C12H15BrO2. The second-order valence-electron chi connectivity index (χ2n) is 3.45. The van der Waals surface area contributed by atoms with Gasteiger partial charge in [0.05, 0.1) is 12.2 Å². The molecule has 82 valence electrons. The highest BCUT2D eigenvalue weighted by Crippen LogP contribution is 2.19. The molecule has 0 spiro atoms. The van der Waals surface area contributed by atoms with Gasteiger partial charge in [-0.1, -0.05) is 22.0 Å². The molecule has 0 saturated heterocycles. The molecule has 0 aliphatic carbocycles. The SMILES string of the molecule is CCOC(=O)c1cc(CBr)c(C)cc1C. The zero-order chi connectivity index (χ0) is 11.4. The minimum atomic E-state index is -0.239. The molecule has 0 amide bonds. The molecular weight excluding hydrogens is 256 g/mol. The van der Waals surface area contributed by atoms with Gasteiger partial charge in [-0.3, -0.25) is 0 Å². The monoisotopic (exact) mass is 270 g/mol. The minimum absolute atomic E-state index is 0.239. The zero-order valence-corrected chi connectivity index (χ0v) is 10.8. The number of hydrogen-bond acceptors (Lipinski definition) is 2. The molecule has 0 heterocycles. The summed E-state index contributed by atoms with van der Waals surface area (Å²) in [5.74, 6) is -0.239. The van der Waals surface area contributed by atoms with E-state index in [2.05, 4.69) is 15.9 Å². The second-order valence-corrected chi connectivity index (χ2v) is 4.01. The van der Waals surface area contributed by atoms with Crippen LogP contribution in [0.5, 0.6) is 0 Å². The maximum absolute atomic E-state index is 11.6. The average molecular weight is 271 g/mol. The third-order valence-electron chi connectivity index (χ3n) is 2.32. The van der Waals surface area contributed by atoms with Gasteiger partial charge in [0, 0.05) is 5.33 Å². The predicted octanol–water partition coefficient (Wildman–Crippen LogP) is 3.38. The summed E-state index contributed by atoms with van der Waals surface area (Å²) < 4.78 is 4.99. The van der Waals surface area contributed by atoms with Crippen molar-refractivity contribution in [2.24, 2.45) is 0 Å². The van der Waals surface area contributed by atoms with Gasteiger partial charge in [0.2, 0.25) is 0 Å². The molecule has 15 heavy (non-hydrogen) atoms. The lowest BCUT2D eigenvalue weighted by Gasteiger charge is -2.09. The number of carbonyl (C=O) groups excluding carboxylic acids is 1. The number of aryl methyl sites for hydroxylation is 2. The molecule has 1 rings (SSSR count). The van der Waals surface area contributed by atoms with E-state index in [0.29, 0.717) is 12.2 Å². The van der Waals surface area contributed by atoms with Crippen molar-refractivity contribution in [1.82, 2.24) is 0 Å². The standard InChI is InChI=1S/C12H15BrO2/c1-4-15-12(14)11-6-10(7-13)8(2)5-9(11)3/h5-6H,4,7H2,1-3H3. The largest absolute Gasteiger partial charge is 0.462 e. The summed E-state index contributed by atoms with van der Waals surface area (Å²) >= 11 is 3.40. The van der Waals surface area contributed by atoms with E-state index in [1.807, 2.05) is 32.9 Å². The Morgan fingerprint density at radius 1 is 1.33 bits per heavy atom. The van der Waals surface area contributed by atoms with E-state index < -0.39 is 0 Å². The molecule has 2 nitrogen and oxygen atoms in total. The van der Waals surface area contributed by atoms with Crippen molar-refractivity contribution in [3.63, 3.8) is 0 Å². The molecule has 0 bridgehead atoms. The lowest BCUT2D eigenvalue weighted by atomic mass is 10.0. The summed E-state index contributed by atoms with van der Waals surface area (Å²) in [5.41, 5.74) is 3.95. The lowest BCUT2D eigenvalue weighted by molar-refractivity contribution is 0.0525. The van der Waals surface area contributed by atoms with Gasteiger partial charge in [-0.2, -0.15) is 0 Å². The van der Waals surface area contributed by atoms with Crippen LogP contribution in [0.2, 0.25) is 0 Å². The van der Waals surface area contributed by atoms with Crippen LogP contribution in [0.25, 0.3) is 0 Å². The van der Waals surface area contributed by atoms with Gasteiger partial charge in [-0.05, 0) is 43.5 Å². The fourth-order valence-electron chi connectivity index (χ4n) is 1.47. The first-order valence-corrected chi connectivity index (χ1v) is 6.05. The van der Waals surface area contributed by atoms with E-state index in [9.17, 15) is 4.79 Å². The van der Waals surface area contributed by atoms with Gasteiger partial charge < -0.3 is 4.74 Å². The number of rotatable bonds is 3. The average Bonchev–Trinajstić information content (AvgIpc) is 2.18. The van der Waals surface area contributed by atoms with E-state index >= 15 is 0 Å². The Morgan fingerprint density at radius 2 is 2.00 bits per heavy atom. The maximum atomic E-state index is 11.6. The van der Waals surface area contributed by atoms with Gasteiger partial charge in [0.1, 0.15) is 0 Å². The van der Waals surface area contributed by atoms with Crippen LogP contribution in [0.3, 0.4) is 0 Å². The molecule has 3 heteroatoms. The van der Waals surface area contributed by atoms with Gasteiger partial charge in [-0.15, -0.1) is 0 Å². The Labute approximate surface area is 98.8 Å². The van der Waals surface area contributed by atoms with E-state index in [-0.39, 0.29) is 5.97 Å². The highest BCUT2D eigenvalue weighted by molar-refractivity contribution is 9.08. The Bertz CT molecular complexity index is 372. The van der Waals surface area contributed by atoms with Crippen molar-refractivity contribution >= 4 is 21.9 Å². The molecule has 0 fully saturated rings. The van der Waals surface area contributed by atoms with Crippen molar-refractivity contribution in [1.29, 1.82) is 0 Å². The molecule has 1 aromatic rings. The molecule has 0 saturated carbocycles. The van der Waals surface area contributed by atoms with Crippen LogP contribution in [-0.2, 0) is 10.1 Å². The van der Waals surface area contributed by atoms with Crippen molar-refractivity contribution in [2.45, 2.75) is 26.1 Å². The van der Waals surface area contributed by atoms with E-state index in [1.165, 1.54) is 5.56 Å². The number of hydrogen-bond donors (Lipinski definition) is 0. The summed E-state index contributed by atoms with van der Waals surface area (Å²) in [6.07, 6.45) is 0. The quantitative estimate of drug-likeness (QED) is 0.622. The Morgan fingerprint density at radius 3 is 2.53 bits per heavy atom. The van der Waals surface area contributed by atoms with Crippen molar-refractivity contribution < 1.29 is 9.53 Å². The Balaban J connectivity index is 3.12. The molecule has 0 unspecified atom stereocenters. The maximum Gasteiger partial charge on any atom is 0.338 e. The normalized spacial score (nSPS) is 10.1. The predicted molar refractivity (Wildman–Crippen MR) is 64.5 cm³/mol. The van der Waals surface area contributed by atoms with E-state index in [1.54, 1.807) is 0 Å². The van der Waals surface area contributed by atoms with Crippen LogP contribution in [0, 0.1) is 13.8 Å². The third kappa shape index (κ3) is 2.81. The van der Waals surface area contributed by atoms with Crippen molar-refractivity contribution in [3.8, 4) is 0 Å². The molecule has 0 aliphatic rings.